The first-order valence-corrected chi connectivity index (χ1v) is 6.01. The second kappa shape index (κ2) is 5.64. The molecule has 0 radical (unpaired) electrons. The highest BCUT2D eigenvalue weighted by molar-refractivity contribution is 4.79. The van der Waals surface area contributed by atoms with Crippen LogP contribution in [0.3, 0.4) is 0 Å². The smallest absolute Gasteiger partial charge is 0.00979 e. The van der Waals surface area contributed by atoms with E-state index in [0.29, 0.717) is 0 Å². The third-order valence-electron chi connectivity index (χ3n) is 3.23. The summed E-state index contributed by atoms with van der Waals surface area (Å²) >= 11 is 0. The van der Waals surface area contributed by atoms with Gasteiger partial charge in [0.2, 0.25) is 0 Å². The van der Waals surface area contributed by atoms with Crippen LogP contribution in [0.15, 0.2) is 0 Å². The standard InChI is InChI=1S/C12H25N/c1-4-5-10-13(11(2)3)12-8-6-7-9-12/h11-12H,4-10H2,1-3H3. The van der Waals surface area contributed by atoms with Crippen LogP contribution in [0.25, 0.3) is 0 Å². The van der Waals surface area contributed by atoms with Gasteiger partial charge in [0.05, 0.1) is 0 Å². The van der Waals surface area contributed by atoms with Gasteiger partial charge in [-0.1, -0.05) is 26.2 Å². The molecule has 1 aliphatic carbocycles. The van der Waals surface area contributed by atoms with Crippen LogP contribution in [0, 0.1) is 0 Å². The summed E-state index contributed by atoms with van der Waals surface area (Å²) in [5.41, 5.74) is 0. The highest BCUT2D eigenvalue weighted by atomic mass is 15.2. The van der Waals surface area contributed by atoms with Crippen molar-refractivity contribution < 1.29 is 0 Å². The van der Waals surface area contributed by atoms with E-state index in [1.807, 2.05) is 0 Å². The fourth-order valence-electron chi connectivity index (χ4n) is 2.44. The van der Waals surface area contributed by atoms with Crippen molar-refractivity contribution in [3.8, 4) is 0 Å². The van der Waals surface area contributed by atoms with Gasteiger partial charge in [0.25, 0.3) is 0 Å². The molecule has 1 nitrogen and oxygen atoms in total. The van der Waals surface area contributed by atoms with Gasteiger partial charge in [-0.3, -0.25) is 4.90 Å². The van der Waals surface area contributed by atoms with Gasteiger partial charge in [-0.25, -0.2) is 0 Å². The Balaban J connectivity index is 2.36. The van der Waals surface area contributed by atoms with Crippen LogP contribution in [-0.4, -0.2) is 23.5 Å². The van der Waals surface area contributed by atoms with Crippen LogP contribution in [0.4, 0.5) is 0 Å². The van der Waals surface area contributed by atoms with Crippen LogP contribution >= 0.6 is 0 Å². The molecular formula is C12H25N. The predicted octanol–water partition coefficient (Wildman–Crippen LogP) is 3.44. The van der Waals surface area contributed by atoms with E-state index in [4.69, 9.17) is 0 Å². The van der Waals surface area contributed by atoms with Gasteiger partial charge < -0.3 is 0 Å². The van der Waals surface area contributed by atoms with Gasteiger partial charge in [-0.05, 0) is 39.7 Å². The summed E-state index contributed by atoms with van der Waals surface area (Å²) in [6.07, 6.45) is 8.51. The molecule has 0 heterocycles. The largest absolute Gasteiger partial charge is 0.298 e. The van der Waals surface area contributed by atoms with Crippen LogP contribution < -0.4 is 0 Å². The molecule has 1 rings (SSSR count). The van der Waals surface area contributed by atoms with E-state index >= 15 is 0 Å². The molecular weight excluding hydrogens is 158 g/mol. The fraction of sp³-hybridized carbons (Fsp3) is 1.00. The van der Waals surface area contributed by atoms with Gasteiger partial charge in [-0.2, -0.15) is 0 Å². The molecule has 0 aliphatic heterocycles. The maximum Gasteiger partial charge on any atom is 0.00979 e. The van der Waals surface area contributed by atoms with Crippen molar-refractivity contribution in [3.63, 3.8) is 0 Å². The first kappa shape index (κ1) is 11.0. The van der Waals surface area contributed by atoms with Crippen LogP contribution in [0.2, 0.25) is 0 Å². The first-order chi connectivity index (χ1) is 6.25. The van der Waals surface area contributed by atoms with Gasteiger partial charge >= 0.3 is 0 Å². The third-order valence-corrected chi connectivity index (χ3v) is 3.23. The van der Waals surface area contributed by atoms with Crippen molar-refractivity contribution in [2.24, 2.45) is 0 Å². The molecule has 0 unspecified atom stereocenters. The molecule has 1 aliphatic rings. The molecule has 0 bridgehead atoms. The Morgan fingerprint density at radius 3 is 2.31 bits per heavy atom. The van der Waals surface area contributed by atoms with E-state index in [0.717, 1.165) is 12.1 Å². The number of unbranched alkanes of at least 4 members (excludes halogenated alkanes) is 1. The molecule has 0 atom stereocenters. The molecule has 0 N–H and O–H groups in total. The Morgan fingerprint density at radius 2 is 1.85 bits per heavy atom. The Bertz CT molecular complexity index is 125. The van der Waals surface area contributed by atoms with Gasteiger partial charge in [0.15, 0.2) is 0 Å². The normalized spacial score (nSPS) is 19.2. The van der Waals surface area contributed by atoms with E-state index < -0.39 is 0 Å². The van der Waals surface area contributed by atoms with Crippen molar-refractivity contribution in [3.05, 3.63) is 0 Å². The molecule has 0 saturated heterocycles. The highest BCUT2D eigenvalue weighted by Crippen LogP contribution is 2.25. The molecule has 0 aromatic carbocycles. The van der Waals surface area contributed by atoms with Gasteiger partial charge in [-0.15, -0.1) is 0 Å². The van der Waals surface area contributed by atoms with Crippen molar-refractivity contribution in [2.75, 3.05) is 6.54 Å². The zero-order chi connectivity index (χ0) is 9.68. The maximum atomic E-state index is 2.72. The van der Waals surface area contributed by atoms with Gasteiger partial charge in [0, 0.05) is 12.1 Å². The average Bonchev–Trinajstić information content (AvgIpc) is 2.57. The van der Waals surface area contributed by atoms with E-state index in [1.54, 1.807) is 0 Å². The zero-order valence-electron chi connectivity index (χ0n) is 9.55. The van der Waals surface area contributed by atoms with E-state index in [2.05, 4.69) is 25.7 Å². The quantitative estimate of drug-likeness (QED) is 0.631. The van der Waals surface area contributed by atoms with E-state index in [1.165, 1.54) is 45.1 Å². The minimum atomic E-state index is 0.745. The average molecular weight is 183 g/mol. The van der Waals surface area contributed by atoms with Crippen molar-refractivity contribution in [1.82, 2.24) is 4.90 Å². The molecule has 0 aromatic heterocycles. The number of rotatable bonds is 5. The number of nitrogens with zero attached hydrogens (tertiary/aromatic N) is 1. The molecule has 13 heavy (non-hydrogen) atoms. The topological polar surface area (TPSA) is 3.24 Å². The fourth-order valence-corrected chi connectivity index (χ4v) is 2.44. The van der Waals surface area contributed by atoms with E-state index in [-0.39, 0.29) is 0 Å². The summed E-state index contributed by atoms with van der Waals surface area (Å²) in [6, 6.07) is 1.65. The van der Waals surface area contributed by atoms with Crippen molar-refractivity contribution in [2.45, 2.75) is 71.4 Å². The molecule has 1 saturated carbocycles. The van der Waals surface area contributed by atoms with Crippen molar-refractivity contribution in [1.29, 1.82) is 0 Å². The Labute approximate surface area is 83.5 Å². The lowest BCUT2D eigenvalue weighted by Crippen LogP contribution is -2.39. The molecule has 0 aromatic rings. The Hall–Kier alpha value is -0.0400. The molecule has 78 valence electrons. The highest BCUT2D eigenvalue weighted by Gasteiger charge is 2.23. The molecule has 0 spiro atoms. The summed E-state index contributed by atoms with van der Waals surface area (Å²) in [5.74, 6) is 0. The summed E-state index contributed by atoms with van der Waals surface area (Å²) in [4.78, 5) is 2.72. The third kappa shape index (κ3) is 3.30. The molecule has 1 fully saturated rings. The number of hydrogen-bond donors (Lipinski definition) is 0. The Kier molecular flexibility index (Phi) is 4.79. The molecule has 0 amide bonds. The lowest BCUT2D eigenvalue weighted by atomic mass is 10.1. The zero-order valence-corrected chi connectivity index (χ0v) is 9.55. The summed E-state index contributed by atoms with van der Waals surface area (Å²) < 4.78 is 0. The predicted molar refractivity (Wildman–Crippen MR) is 59.0 cm³/mol. The second-order valence-electron chi connectivity index (χ2n) is 4.62. The number of hydrogen-bond acceptors (Lipinski definition) is 1. The summed E-state index contributed by atoms with van der Waals surface area (Å²) in [5, 5.41) is 0. The van der Waals surface area contributed by atoms with Crippen LogP contribution in [-0.2, 0) is 0 Å². The van der Waals surface area contributed by atoms with Crippen LogP contribution in [0.5, 0.6) is 0 Å². The summed E-state index contributed by atoms with van der Waals surface area (Å²) in [6.45, 7) is 8.29. The minimum Gasteiger partial charge on any atom is -0.298 e. The molecule has 1 heteroatoms. The Morgan fingerprint density at radius 1 is 1.23 bits per heavy atom. The SMILES string of the molecule is CCCCN(C(C)C)C1CCCC1. The second-order valence-corrected chi connectivity index (χ2v) is 4.62. The van der Waals surface area contributed by atoms with E-state index in [9.17, 15) is 0 Å². The lowest BCUT2D eigenvalue weighted by Gasteiger charge is -2.32. The monoisotopic (exact) mass is 183 g/mol. The summed E-state index contributed by atoms with van der Waals surface area (Å²) in [7, 11) is 0. The van der Waals surface area contributed by atoms with Crippen LogP contribution in [0.1, 0.15) is 59.3 Å². The first-order valence-electron chi connectivity index (χ1n) is 6.01. The van der Waals surface area contributed by atoms with Gasteiger partial charge in [0.1, 0.15) is 0 Å². The van der Waals surface area contributed by atoms with Crippen molar-refractivity contribution >= 4 is 0 Å². The minimum absolute atomic E-state index is 0.745. The maximum absolute atomic E-state index is 2.72. The lowest BCUT2D eigenvalue weighted by molar-refractivity contribution is 0.153.